The van der Waals surface area contributed by atoms with E-state index < -0.39 is 6.09 Å². The maximum atomic E-state index is 10.9. The lowest BCUT2D eigenvalue weighted by Crippen LogP contribution is -2.40. The van der Waals surface area contributed by atoms with Crippen LogP contribution in [0.1, 0.15) is 13.3 Å². The summed E-state index contributed by atoms with van der Waals surface area (Å²) in [6.07, 6.45) is 8.09. The first-order valence-electron chi connectivity index (χ1n) is 5.50. The van der Waals surface area contributed by atoms with Crippen LogP contribution in [-0.4, -0.2) is 35.2 Å². The van der Waals surface area contributed by atoms with E-state index in [1.54, 1.807) is 0 Å². The summed E-state index contributed by atoms with van der Waals surface area (Å²) in [6.45, 7) is 3.33. The van der Waals surface area contributed by atoms with E-state index >= 15 is 0 Å². The average Bonchev–Trinajstić information content (AvgIpc) is 2.29. The monoisotopic (exact) mass is 220 g/mol. The molecule has 0 radical (unpaired) electrons. The zero-order valence-electron chi connectivity index (χ0n) is 9.31. The number of carbonyl (C=O) groups is 1. The van der Waals surface area contributed by atoms with Gasteiger partial charge < -0.3 is 15.3 Å². The van der Waals surface area contributed by atoms with Crippen LogP contribution in [0.5, 0.6) is 0 Å². The van der Waals surface area contributed by atoms with E-state index in [1.165, 1.54) is 10.5 Å². The Morgan fingerprint density at radius 1 is 1.62 bits per heavy atom. The number of dihydropyridines is 1. The van der Waals surface area contributed by atoms with Gasteiger partial charge in [0.1, 0.15) is 0 Å². The van der Waals surface area contributed by atoms with Crippen LogP contribution in [0.15, 0.2) is 35.6 Å². The molecular weight excluding hydrogens is 204 g/mol. The number of nitrogens with one attached hydrogen (secondary N) is 1. The molecule has 4 heteroatoms. The lowest BCUT2D eigenvalue weighted by molar-refractivity contribution is 0.134. The fourth-order valence-electron chi connectivity index (χ4n) is 2.08. The molecule has 0 saturated heterocycles. The number of nitrogens with zero attached hydrogens (tertiary/aromatic N) is 1. The summed E-state index contributed by atoms with van der Waals surface area (Å²) in [6, 6.07) is -0.0464. The van der Waals surface area contributed by atoms with Crippen LogP contribution in [0.25, 0.3) is 0 Å². The van der Waals surface area contributed by atoms with Crippen molar-refractivity contribution in [1.82, 2.24) is 10.2 Å². The number of hydrogen-bond acceptors (Lipinski definition) is 2. The fourth-order valence-corrected chi connectivity index (χ4v) is 2.08. The van der Waals surface area contributed by atoms with E-state index in [0.717, 1.165) is 18.7 Å². The summed E-state index contributed by atoms with van der Waals surface area (Å²) < 4.78 is 0. The van der Waals surface area contributed by atoms with Gasteiger partial charge in [-0.3, -0.25) is 0 Å². The van der Waals surface area contributed by atoms with Crippen LogP contribution >= 0.6 is 0 Å². The fraction of sp³-hybridized carbons (Fsp3) is 0.417. The van der Waals surface area contributed by atoms with E-state index in [2.05, 4.69) is 11.4 Å². The van der Waals surface area contributed by atoms with E-state index in [0.29, 0.717) is 6.54 Å². The van der Waals surface area contributed by atoms with Crippen LogP contribution in [-0.2, 0) is 0 Å². The highest BCUT2D eigenvalue weighted by Crippen LogP contribution is 2.22. The number of carboxylic acid groups (broad SMARTS) is 1. The molecular formula is C12H16N2O2. The molecule has 0 fully saturated rings. The zero-order chi connectivity index (χ0) is 11.5. The molecule has 0 aromatic rings. The van der Waals surface area contributed by atoms with Crippen molar-refractivity contribution in [2.75, 3.05) is 13.1 Å². The smallest absolute Gasteiger partial charge is 0.407 e. The Bertz CT molecular complexity index is 382. The Morgan fingerprint density at radius 2 is 2.44 bits per heavy atom. The van der Waals surface area contributed by atoms with Crippen LogP contribution in [0.4, 0.5) is 4.79 Å². The SMILES string of the molecule is CC1C=C(C2=CC=CCN2)CCN1C(=O)O. The topological polar surface area (TPSA) is 52.6 Å². The second-order valence-corrected chi connectivity index (χ2v) is 4.05. The average molecular weight is 220 g/mol. The second kappa shape index (κ2) is 4.43. The van der Waals surface area contributed by atoms with Gasteiger partial charge >= 0.3 is 6.09 Å². The maximum Gasteiger partial charge on any atom is 0.407 e. The number of hydrogen-bond donors (Lipinski definition) is 2. The third-order valence-corrected chi connectivity index (χ3v) is 2.96. The van der Waals surface area contributed by atoms with Crippen molar-refractivity contribution in [3.8, 4) is 0 Å². The molecule has 1 amide bonds. The second-order valence-electron chi connectivity index (χ2n) is 4.05. The molecule has 0 spiro atoms. The third kappa shape index (κ3) is 2.10. The highest BCUT2D eigenvalue weighted by molar-refractivity contribution is 5.66. The minimum Gasteiger partial charge on any atom is -0.465 e. The molecule has 2 heterocycles. The molecule has 1 atom stereocenters. The van der Waals surface area contributed by atoms with Gasteiger partial charge in [0.25, 0.3) is 0 Å². The molecule has 16 heavy (non-hydrogen) atoms. The van der Waals surface area contributed by atoms with Gasteiger partial charge in [-0.1, -0.05) is 18.2 Å². The molecule has 2 rings (SSSR count). The quantitative estimate of drug-likeness (QED) is 0.707. The molecule has 0 aromatic heterocycles. The lowest BCUT2D eigenvalue weighted by atomic mass is 9.99. The summed E-state index contributed by atoms with van der Waals surface area (Å²) >= 11 is 0. The third-order valence-electron chi connectivity index (χ3n) is 2.96. The van der Waals surface area contributed by atoms with Gasteiger partial charge in [-0.2, -0.15) is 0 Å². The van der Waals surface area contributed by atoms with E-state index in [-0.39, 0.29) is 6.04 Å². The first-order valence-corrected chi connectivity index (χ1v) is 5.50. The molecule has 2 aliphatic heterocycles. The van der Waals surface area contributed by atoms with Gasteiger partial charge in [0, 0.05) is 18.8 Å². The first-order chi connectivity index (χ1) is 7.68. The van der Waals surface area contributed by atoms with Gasteiger partial charge in [-0.25, -0.2) is 4.79 Å². The highest BCUT2D eigenvalue weighted by atomic mass is 16.4. The molecule has 0 saturated carbocycles. The molecule has 4 nitrogen and oxygen atoms in total. The number of rotatable bonds is 1. The Hall–Kier alpha value is -1.71. The maximum absolute atomic E-state index is 10.9. The Morgan fingerprint density at radius 3 is 3.00 bits per heavy atom. The largest absolute Gasteiger partial charge is 0.465 e. The standard InChI is InChI=1S/C12H16N2O2/c1-9-8-10(5-7-14(9)12(15)16)11-4-2-3-6-13-11/h2-4,8-9,13H,5-7H2,1H3,(H,15,16). The molecule has 0 aliphatic carbocycles. The van der Waals surface area contributed by atoms with Crippen molar-refractivity contribution >= 4 is 6.09 Å². The van der Waals surface area contributed by atoms with E-state index in [1.807, 2.05) is 25.2 Å². The Kier molecular flexibility index (Phi) is 2.99. The van der Waals surface area contributed by atoms with Gasteiger partial charge in [-0.05, 0) is 25.0 Å². The molecule has 2 N–H and O–H groups in total. The lowest BCUT2D eigenvalue weighted by Gasteiger charge is -2.31. The van der Waals surface area contributed by atoms with E-state index in [4.69, 9.17) is 5.11 Å². The number of amides is 1. The Labute approximate surface area is 94.9 Å². The van der Waals surface area contributed by atoms with Gasteiger partial charge in [0.15, 0.2) is 0 Å². The van der Waals surface area contributed by atoms with E-state index in [9.17, 15) is 4.79 Å². The van der Waals surface area contributed by atoms with Gasteiger partial charge in [0.05, 0.1) is 6.04 Å². The van der Waals surface area contributed by atoms with Crippen molar-refractivity contribution in [2.45, 2.75) is 19.4 Å². The molecule has 86 valence electrons. The van der Waals surface area contributed by atoms with Crippen molar-refractivity contribution in [3.05, 3.63) is 35.6 Å². The molecule has 0 aromatic carbocycles. The predicted molar refractivity (Wildman–Crippen MR) is 62.1 cm³/mol. The van der Waals surface area contributed by atoms with Crippen LogP contribution in [0, 0.1) is 0 Å². The predicted octanol–water partition coefficient (Wildman–Crippen LogP) is 1.73. The van der Waals surface area contributed by atoms with Crippen molar-refractivity contribution in [1.29, 1.82) is 0 Å². The van der Waals surface area contributed by atoms with Crippen LogP contribution in [0.3, 0.4) is 0 Å². The van der Waals surface area contributed by atoms with Crippen molar-refractivity contribution in [3.63, 3.8) is 0 Å². The first kappa shape index (κ1) is 10.8. The summed E-state index contributed by atoms with van der Waals surface area (Å²) in [5.41, 5.74) is 2.34. The number of allylic oxidation sites excluding steroid dienone is 3. The summed E-state index contributed by atoms with van der Waals surface area (Å²) in [7, 11) is 0. The van der Waals surface area contributed by atoms with Crippen LogP contribution < -0.4 is 5.32 Å². The van der Waals surface area contributed by atoms with Crippen molar-refractivity contribution < 1.29 is 9.90 Å². The van der Waals surface area contributed by atoms with Gasteiger partial charge in [-0.15, -0.1) is 0 Å². The minimum atomic E-state index is -0.840. The zero-order valence-corrected chi connectivity index (χ0v) is 9.31. The Balaban J connectivity index is 2.14. The molecule has 0 bridgehead atoms. The summed E-state index contributed by atoms with van der Waals surface area (Å²) in [5.74, 6) is 0. The normalized spacial score (nSPS) is 24.6. The minimum absolute atomic E-state index is 0.0464. The van der Waals surface area contributed by atoms with Crippen molar-refractivity contribution in [2.24, 2.45) is 0 Å². The molecule has 1 unspecified atom stereocenters. The van der Waals surface area contributed by atoms with Gasteiger partial charge in [0.2, 0.25) is 0 Å². The van der Waals surface area contributed by atoms with Crippen LogP contribution in [0.2, 0.25) is 0 Å². The highest BCUT2D eigenvalue weighted by Gasteiger charge is 2.23. The summed E-state index contributed by atoms with van der Waals surface area (Å²) in [5, 5.41) is 12.3. The molecule has 2 aliphatic rings. The summed E-state index contributed by atoms with van der Waals surface area (Å²) in [4.78, 5) is 12.4.